The molecular weight excluding hydrogens is 332 g/mol. The van der Waals surface area contributed by atoms with Gasteiger partial charge in [0.1, 0.15) is 11.4 Å². The SMILES string of the molecule is C=CCSC1=N/C(=C\c2ccc(OC)cc2)C(=O)N1c1ccccc1. The molecule has 25 heavy (non-hydrogen) atoms. The van der Waals surface area contributed by atoms with Gasteiger partial charge in [-0.2, -0.15) is 0 Å². The number of para-hydroxylation sites is 1. The number of hydrogen-bond donors (Lipinski definition) is 0. The summed E-state index contributed by atoms with van der Waals surface area (Å²) in [5.41, 5.74) is 2.12. The molecule has 0 aliphatic carbocycles. The van der Waals surface area contributed by atoms with Crippen molar-refractivity contribution in [2.24, 2.45) is 4.99 Å². The second-order valence-corrected chi connectivity index (χ2v) is 6.26. The Kier molecular flexibility index (Phi) is 5.36. The highest BCUT2D eigenvalue weighted by Gasteiger charge is 2.31. The average Bonchev–Trinajstić information content (AvgIpc) is 2.96. The lowest BCUT2D eigenvalue weighted by Gasteiger charge is -2.17. The number of methoxy groups -OCH3 is 1. The number of nitrogens with zero attached hydrogens (tertiary/aromatic N) is 2. The summed E-state index contributed by atoms with van der Waals surface area (Å²) in [6.45, 7) is 3.74. The average molecular weight is 350 g/mol. The number of aliphatic imine (C=N–C) groups is 1. The van der Waals surface area contributed by atoms with Gasteiger partial charge >= 0.3 is 0 Å². The van der Waals surface area contributed by atoms with Crippen LogP contribution in [-0.2, 0) is 4.79 Å². The van der Waals surface area contributed by atoms with E-state index in [1.807, 2.05) is 54.6 Å². The van der Waals surface area contributed by atoms with Crippen LogP contribution in [0.25, 0.3) is 6.08 Å². The fraction of sp³-hybridized carbons (Fsp3) is 0.100. The number of benzene rings is 2. The molecule has 0 N–H and O–H groups in total. The Morgan fingerprint density at radius 1 is 1.16 bits per heavy atom. The van der Waals surface area contributed by atoms with Crippen LogP contribution in [0.1, 0.15) is 5.56 Å². The highest BCUT2D eigenvalue weighted by atomic mass is 32.2. The normalized spacial score (nSPS) is 15.4. The molecule has 1 aliphatic heterocycles. The smallest absolute Gasteiger partial charge is 0.283 e. The fourth-order valence-corrected chi connectivity index (χ4v) is 3.14. The Hall–Kier alpha value is -2.79. The molecule has 0 unspecified atom stereocenters. The van der Waals surface area contributed by atoms with Gasteiger partial charge in [0.05, 0.1) is 12.8 Å². The lowest BCUT2D eigenvalue weighted by molar-refractivity contribution is -0.113. The minimum atomic E-state index is -0.131. The third-order valence-corrected chi connectivity index (χ3v) is 4.53. The monoisotopic (exact) mass is 350 g/mol. The van der Waals surface area contributed by atoms with E-state index < -0.39 is 0 Å². The van der Waals surface area contributed by atoms with Crippen molar-refractivity contribution in [2.75, 3.05) is 17.8 Å². The number of rotatable bonds is 5. The van der Waals surface area contributed by atoms with E-state index in [0.29, 0.717) is 16.6 Å². The first-order valence-corrected chi connectivity index (χ1v) is 8.79. The molecule has 0 fully saturated rings. The zero-order chi connectivity index (χ0) is 17.6. The molecule has 0 saturated heterocycles. The number of ether oxygens (including phenoxy) is 1. The molecule has 1 aliphatic rings. The number of carbonyl (C=O) groups is 1. The van der Waals surface area contributed by atoms with E-state index in [2.05, 4.69) is 11.6 Å². The Morgan fingerprint density at radius 2 is 1.88 bits per heavy atom. The first-order chi connectivity index (χ1) is 12.2. The summed E-state index contributed by atoms with van der Waals surface area (Å²) in [6.07, 6.45) is 3.59. The molecule has 3 rings (SSSR count). The molecule has 0 radical (unpaired) electrons. The van der Waals surface area contributed by atoms with Crippen LogP contribution in [0.2, 0.25) is 0 Å². The number of amidine groups is 1. The maximum Gasteiger partial charge on any atom is 0.283 e. The van der Waals surface area contributed by atoms with Crippen LogP contribution in [0.15, 0.2) is 77.9 Å². The molecule has 0 bridgehead atoms. The second-order valence-electron chi connectivity index (χ2n) is 5.27. The summed E-state index contributed by atoms with van der Waals surface area (Å²) < 4.78 is 5.16. The predicted molar refractivity (Wildman–Crippen MR) is 105 cm³/mol. The van der Waals surface area contributed by atoms with E-state index in [9.17, 15) is 4.79 Å². The lowest BCUT2D eigenvalue weighted by Crippen LogP contribution is -2.30. The molecule has 2 aromatic carbocycles. The van der Waals surface area contributed by atoms with Crippen LogP contribution in [0.5, 0.6) is 5.75 Å². The van der Waals surface area contributed by atoms with Crippen molar-refractivity contribution >= 4 is 34.6 Å². The van der Waals surface area contributed by atoms with Crippen molar-refractivity contribution in [1.29, 1.82) is 0 Å². The van der Waals surface area contributed by atoms with Gasteiger partial charge in [0.2, 0.25) is 0 Å². The largest absolute Gasteiger partial charge is 0.497 e. The Bertz CT molecular complexity index is 827. The third-order valence-electron chi connectivity index (χ3n) is 3.59. The first-order valence-electron chi connectivity index (χ1n) is 7.80. The van der Waals surface area contributed by atoms with Gasteiger partial charge in [0.15, 0.2) is 5.17 Å². The molecule has 0 spiro atoms. The van der Waals surface area contributed by atoms with Crippen LogP contribution in [0, 0.1) is 0 Å². The van der Waals surface area contributed by atoms with Gasteiger partial charge in [-0.3, -0.25) is 9.69 Å². The second kappa shape index (κ2) is 7.85. The maximum absolute atomic E-state index is 12.9. The molecule has 1 heterocycles. The molecule has 0 atom stereocenters. The Balaban J connectivity index is 1.94. The van der Waals surface area contributed by atoms with Gasteiger partial charge in [-0.25, -0.2) is 4.99 Å². The molecular formula is C20H18N2O2S. The van der Waals surface area contributed by atoms with Crippen molar-refractivity contribution in [1.82, 2.24) is 0 Å². The van der Waals surface area contributed by atoms with Gasteiger partial charge < -0.3 is 4.74 Å². The van der Waals surface area contributed by atoms with Gasteiger partial charge in [-0.1, -0.05) is 48.2 Å². The predicted octanol–water partition coefficient (Wildman–Crippen LogP) is 4.36. The molecule has 4 nitrogen and oxygen atoms in total. The minimum absolute atomic E-state index is 0.131. The molecule has 1 amide bonds. The van der Waals surface area contributed by atoms with Crippen LogP contribution in [-0.4, -0.2) is 23.9 Å². The van der Waals surface area contributed by atoms with Crippen molar-refractivity contribution in [2.45, 2.75) is 0 Å². The van der Waals surface area contributed by atoms with Crippen LogP contribution >= 0.6 is 11.8 Å². The first kappa shape index (κ1) is 17.0. The van der Waals surface area contributed by atoms with Crippen LogP contribution < -0.4 is 9.64 Å². The molecule has 2 aromatic rings. The van der Waals surface area contributed by atoms with E-state index in [1.165, 1.54) is 11.8 Å². The zero-order valence-corrected chi connectivity index (χ0v) is 14.7. The Labute approximate surface area is 151 Å². The number of anilines is 1. The van der Waals surface area contributed by atoms with Crippen molar-refractivity contribution < 1.29 is 9.53 Å². The minimum Gasteiger partial charge on any atom is -0.497 e. The van der Waals surface area contributed by atoms with E-state index in [4.69, 9.17) is 4.74 Å². The quantitative estimate of drug-likeness (QED) is 0.594. The zero-order valence-electron chi connectivity index (χ0n) is 13.9. The molecule has 5 heteroatoms. The van der Waals surface area contributed by atoms with Crippen molar-refractivity contribution in [3.8, 4) is 5.75 Å². The molecule has 0 aromatic heterocycles. The summed E-state index contributed by atoms with van der Waals surface area (Å²) >= 11 is 1.49. The number of amides is 1. The highest BCUT2D eigenvalue weighted by Crippen LogP contribution is 2.29. The highest BCUT2D eigenvalue weighted by molar-refractivity contribution is 8.14. The van der Waals surface area contributed by atoms with Crippen LogP contribution in [0.3, 0.4) is 0 Å². The number of hydrogen-bond acceptors (Lipinski definition) is 4. The lowest BCUT2D eigenvalue weighted by atomic mass is 10.2. The Morgan fingerprint density at radius 3 is 2.52 bits per heavy atom. The third kappa shape index (κ3) is 3.83. The van der Waals surface area contributed by atoms with Gasteiger partial charge in [0.25, 0.3) is 5.91 Å². The van der Waals surface area contributed by atoms with Gasteiger partial charge in [-0.05, 0) is 35.9 Å². The fourth-order valence-electron chi connectivity index (χ4n) is 2.39. The van der Waals surface area contributed by atoms with Crippen molar-refractivity contribution in [3.05, 3.63) is 78.5 Å². The summed E-state index contributed by atoms with van der Waals surface area (Å²) in [5, 5.41) is 0.663. The number of thioether (sulfide) groups is 1. The number of carbonyl (C=O) groups excluding carboxylic acids is 1. The standard InChI is InChI=1S/C20H18N2O2S/c1-3-13-25-20-21-18(14-15-9-11-17(24-2)12-10-15)19(23)22(20)16-7-5-4-6-8-16/h3-12,14H,1,13H2,2H3/b18-14-. The van der Waals surface area contributed by atoms with Gasteiger partial charge in [0, 0.05) is 5.75 Å². The van der Waals surface area contributed by atoms with Crippen LogP contribution in [0.4, 0.5) is 5.69 Å². The maximum atomic E-state index is 12.9. The summed E-state index contributed by atoms with van der Waals surface area (Å²) in [7, 11) is 1.62. The van der Waals surface area contributed by atoms with Crippen molar-refractivity contribution in [3.63, 3.8) is 0 Å². The topological polar surface area (TPSA) is 41.9 Å². The summed E-state index contributed by atoms with van der Waals surface area (Å²) in [6, 6.07) is 17.1. The molecule has 126 valence electrons. The van der Waals surface area contributed by atoms with E-state index in [0.717, 1.165) is 17.0 Å². The summed E-state index contributed by atoms with van der Waals surface area (Å²) in [5.74, 6) is 1.33. The van der Waals surface area contributed by atoms with E-state index >= 15 is 0 Å². The van der Waals surface area contributed by atoms with E-state index in [-0.39, 0.29) is 5.91 Å². The van der Waals surface area contributed by atoms with E-state index in [1.54, 1.807) is 24.2 Å². The molecule has 0 saturated carbocycles. The summed E-state index contributed by atoms with van der Waals surface area (Å²) in [4.78, 5) is 19.1. The van der Waals surface area contributed by atoms with Gasteiger partial charge in [-0.15, -0.1) is 6.58 Å².